The lowest BCUT2D eigenvalue weighted by molar-refractivity contribution is 0.0991. The molecule has 2 heterocycles. The van der Waals surface area contributed by atoms with Gasteiger partial charge >= 0.3 is 0 Å². The summed E-state index contributed by atoms with van der Waals surface area (Å²) >= 11 is 7.02. The van der Waals surface area contributed by atoms with E-state index in [9.17, 15) is 13.2 Å². The molecule has 0 aliphatic carbocycles. The summed E-state index contributed by atoms with van der Waals surface area (Å²) in [4.78, 5) is 12.3. The van der Waals surface area contributed by atoms with E-state index in [0.717, 1.165) is 5.01 Å². The van der Waals surface area contributed by atoms with Gasteiger partial charge in [0, 0.05) is 10.9 Å². The molecule has 0 unspecified atom stereocenters. The van der Waals surface area contributed by atoms with Gasteiger partial charge in [0.05, 0.1) is 4.90 Å². The van der Waals surface area contributed by atoms with E-state index in [1.807, 2.05) is 13.8 Å². The molecule has 136 valence electrons. The van der Waals surface area contributed by atoms with Crippen LogP contribution in [0.3, 0.4) is 0 Å². The highest BCUT2D eigenvalue weighted by atomic mass is 35.5. The highest BCUT2D eigenvalue weighted by molar-refractivity contribution is 7.91. The van der Waals surface area contributed by atoms with E-state index in [0.29, 0.717) is 10.2 Å². The third-order valence-corrected chi connectivity index (χ3v) is 6.38. The van der Waals surface area contributed by atoms with Crippen LogP contribution < -0.4 is 5.32 Å². The van der Waals surface area contributed by atoms with Gasteiger partial charge in [0.15, 0.2) is 5.76 Å². The first-order valence-electron chi connectivity index (χ1n) is 7.52. The second-order valence-corrected chi connectivity index (χ2v) is 8.96. The molecule has 1 aromatic carbocycles. The van der Waals surface area contributed by atoms with Crippen LogP contribution in [-0.4, -0.2) is 24.5 Å². The molecule has 2 aromatic heterocycles. The molecule has 7 nitrogen and oxygen atoms in total. The number of aromatic nitrogens is 2. The van der Waals surface area contributed by atoms with Crippen LogP contribution in [0.5, 0.6) is 0 Å². The number of hydrogen-bond acceptors (Lipinski definition) is 7. The minimum atomic E-state index is -3.88. The van der Waals surface area contributed by atoms with Crippen molar-refractivity contribution in [2.45, 2.75) is 29.8 Å². The van der Waals surface area contributed by atoms with Crippen LogP contribution >= 0.6 is 22.9 Å². The summed E-state index contributed by atoms with van der Waals surface area (Å²) < 4.78 is 30.3. The Balaban J connectivity index is 1.80. The number of carbonyl (C=O) groups excluding carboxylic acids is 1. The smallest absolute Gasteiger partial charge is 0.293 e. The van der Waals surface area contributed by atoms with Crippen LogP contribution in [0.4, 0.5) is 5.13 Å². The monoisotopic (exact) mass is 411 g/mol. The first-order chi connectivity index (χ1) is 12.3. The van der Waals surface area contributed by atoms with Gasteiger partial charge in [-0.15, -0.1) is 10.2 Å². The summed E-state index contributed by atoms with van der Waals surface area (Å²) in [6.07, 6.45) is 0. The van der Waals surface area contributed by atoms with E-state index in [-0.39, 0.29) is 21.7 Å². The van der Waals surface area contributed by atoms with E-state index in [4.69, 9.17) is 16.0 Å². The molecule has 10 heteroatoms. The SMILES string of the molecule is CC(C)c1nnc(NC(=O)c2ccc(S(=O)(=O)c3ccc(Cl)cc3)o2)s1. The number of nitrogens with one attached hydrogen (secondary N) is 1. The number of hydrogen-bond donors (Lipinski definition) is 1. The third-order valence-electron chi connectivity index (χ3n) is 3.35. The van der Waals surface area contributed by atoms with Crippen molar-refractivity contribution in [3.8, 4) is 0 Å². The highest BCUT2D eigenvalue weighted by Gasteiger charge is 2.24. The number of benzene rings is 1. The summed E-state index contributed by atoms with van der Waals surface area (Å²) in [5.41, 5.74) is 0. The molecule has 0 saturated heterocycles. The number of anilines is 1. The normalized spacial score (nSPS) is 11.7. The Morgan fingerprint density at radius 2 is 1.85 bits per heavy atom. The number of nitrogens with zero attached hydrogens (tertiary/aromatic N) is 2. The average molecular weight is 412 g/mol. The minimum Gasteiger partial charge on any atom is -0.439 e. The lowest BCUT2D eigenvalue weighted by Gasteiger charge is -2.01. The number of furan rings is 1. The zero-order valence-corrected chi connectivity index (χ0v) is 16.2. The van der Waals surface area contributed by atoms with Crippen molar-refractivity contribution in [2.24, 2.45) is 0 Å². The highest BCUT2D eigenvalue weighted by Crippen LogP contribution is 2.26. The van der Waals surface area contributed by atoms with Crippen LogP contribution in [0.15, 0.2) is 50.8 Å². The maximum Gasteiger partial charge on any atom is 0.293 e. The summed E-state index contributed by atoms with van der Waals surface area (Å²) in [6, 6.07) is 8.20. The molecule has 26 heavy (non-hydrogen) atoms. The first kappa shape index (κ1) is 18.6. The summed E-state index contributed by atoms with van der Waals surface area (Å²) in [5.74, 6) is -0.550. The van der Waals surface area contributed by atoms with Gasteiger partial charge in [0.25, 0.3) is 5.91 Å². The van der Waals surface area contributed by atoms with Crippen molar-refractivity contribution in [1.29, 1.82) is 0 Å². The number of amides is 1. The molecule has 3 aromatic rings. The van der Waals surface area contributed by atoms with Crippen molar-refractivity contribution < 1.29 is 17.6 Å². The van der Waals surface area contributed by atoms with E-state index >= 15 is 0 Å². The van der Waals surface area contributed by atoms with Gasteiger partial charge in [0.2, 0.25) is 20.1 Å². The fourth-order valence-corrected chi connectivity index (χ4v) is 4.03. The van der Waals surface area contributed by atoms with Crippen molar-refractivity contribution in [1.82, 2.24) is 10.2 Å². The second kappa shape index (κ2) is 7.18. The van der Waals surface area contributed by atoms with E-state index in [2.05, 4.69) is 15.5 Å². The maximum atomic E-state index is 12.5. The Morgan fingerprint density at radius 1 is 1.15 bits per heavy atom. The standard InChI is InChI=1S/C16H14ClN3O4S2/c1-9(2)15-19-20-16(25-15)18-14(21)12-7-8-13(24-12)26(22,23)11-5-3-10(17)4-6-11/h3-9H,1-2H3,(H,18,20,21). The predicted molar refractivity (Wildman–Crippen MR) is 97.6 cm³/mol. The molecule has 3 rings (SSSR count). The summed E-state index contributed by atoms with van der Waals surface area (Å²) in [6.45, 7) is 3.93. The van der Waals surface area contributed by atoms with E-state index < -0.39 is 15.7 Å². The van der Waals surface area contributed by atoms with Gasteiger partial charge in [0.1, 0.15) is 5.01 Å². The lowest BCUT2D eigenvalue weighted by atomic mass is 10.2. The van der Waals surface area contributed by atoms with Crippen molar-refractivity contribution in [3.05, 3.63) is 52.2 Å². The van der Waals surface area contributed by atoms with Gasteiger partial charge in [-0.05, 0) is 36.4 Å². The quantitative estimate of drug-likeness (QED) is 0.680. The first-order valence-corrected chi connectivity index (χ1v) is 10.2. The second-order valence-electron chi connectivity index (χ2n) is 5.63. The van der Waals surface area contributed by atoms with Crippen molar-refractivity contribution in [2.75, 3.05) is 5.32 Å². The van der Waals surface area contributed by atoms with Crippen molar-refractivity contribution >= 4 is 43.8 Å². The lowest BCUT2D eigenvalue weighted by Crippen LogP contribution is -2.10. The summed E-state index contributed by atoms with van der Waals surface area (Å²) in [5, 5.41) is 11.6. The van der Waals surface area contributed by atoms with Crippen LogP contribution in [0.25, 0.3) is 0 Å². The van der Waals surface area contributed by atoms with Gasteiger partial charge in [-0.3, -0.25) is 10.1 Å². The zero-order chi connectivity index (χ0) is 18.9. The Morgan fingerprint density at radius 3 is 2.46 bits per heavy atom. The fraction of sp³-hybridized carbons (Fsp3) is 0.188. The molecule has 1 N–H and O–H groups in total. The Kier molecular flexibility index (Phi) is 5.12. The molecule has 0 atom stereocenters. The summed E-state index contributed by atoms with van der Waals surface area (Å²) in [7, 11) is -3.88. The van der Waals surface area contributed by atoms with Crippen molar-refractivity contribution in [3.63, 3.8) is 0 Å². The fourth-order valence-electron chi connectivity index (χ4n) is 1.99. The zero-order valence-electron chi connectivity index (χ0n) is 13.8. The van der Waals surface area contributed by atoms with Crippen LogP contribution in [-0.2, 0) is 9.84 Å². The molecule has 0 spiro atoms. The van der Waals surface area contributed by atoms with Gasteiger partial charge in [-0.25, -0.2) is 8.42 Å². The van der Waals surface area contributed by atoms with Gasteiger partial charge < -0.3 is 4.42 Å². The molecule has 0 saturated carbocycles. The molecule has 0 bridgehead atoms. The maximum absolute atomic E-state index is 12.5. The largest absolute Gasteiger partial charge is 0.439 e. The van der Waals surface area contributed by atoms with Crippen LogP contribution in [0.1, 0.15) is 35.3 Å². The van der Waals surface area contributed by atoms with Gasteiger partial charge in [-0.2, -0.15) is 0 Å². The molecule has 0 aliphatic heterocycles. The third kappa shape index (κ3) is 3.79. The number of sulfone groups is 1. The number of rotatable bonds is 5. The van der Waals surface area contributed by atoms with Gasteiger partial charge in [-0.1, -0.05) is 36.8 Å². The average Bonchev–Trinajstić information content (AvgIpc) is 3.25. The van der Waals surface area contributed by atoms with E-state index in [1.165, 1.54) is 47.7 Å². The van der Waals surface area contributed by atoms with Crippen LogP contribution in [0.2, 0.25) is 5.02 Å². The molecule has 0 fully saturated rings. The molecular weight excluding hydrogens is 398 g/mol. The van der Waals surface area contributed by atoms with E-state index in [1.54, 1.807) is 0 Å². The van der Waals surface area contributed by atoms with Crippen LogP contribution in [0, 0.1) is 0 Å². The Hall–Kier alpha value is -2.23. The Bertz CT molecular complexity index is 1040. The predicted octanol–water partition coefficient (Wildman–Crippen LogP) is 3.99. The molecule has 0 radical (unpaired) electrons. The topological polar surface area (TPSA) is 102 Å². The molecule has 1 amide bonds. The number of carbonyl (C=O) groups is 1. The number of halogens is 1. The molecular formula is C16H14ClN3O4S2. The minimum absolute atomic E-state index is 0.0221. The Labute approximate surface area is 158 Å². The molecule has 0 aliphatic rings.